The molecule has 1 N–H and O–H groups in total. The van der Waals surface area contributed by atoms with Gasteiger partial charge in [0, 0.05) is 24.8 Å². The lowest BCUT2D eigenvalue weighted by Crippen LogP contribution is -2.39. The van der Waals surface area contributed by atoms with Crippen molar-refractivity contribution in [2.75, 3.05) is 7.05 Å². The summed E-state index contributed by atoms with van der Waals surface area (Å²) in [6.45, 7) is 1.85. The summed E-state index contributed by atoms with van der Waals surface area (Å²) in [5.41, 5.74) is 1.34. The van der Waals surface area contributed by atoms with E-state index in [1.807, 2.05) is 31.0 Å². The summed E-state index contributed by atoms with van der Waals surface area (Å²) in [6, 6.07) is 9.88. The van der Waals surface area contributed by atoms with E-state index in [9.17, 15) is 9.60 Å². The van der Waals surface area contributed by atoms with Gasteiger partial charge < -0.3 is 14.8 Å². The molecule has 0 atom stereocenters. The molecule has 1 heterocycles. The molecular weight excluding hydrogens is 333 g/mol. The number of amidine groups is 1. The number of benzene rings is 1. The molecule has 0 spiro atoms. The fraction of sp³-hybridized carbons (Fsp3) is 0.400. The third-order valence-electron chi connectivity index (χ3n) is 4.80. The lowest BCUT2D eigenvalue weighted by atomic mass is 9.94. The Hall–Kier alpha value is -2.63. The molecule has 1 aliphatic carbocycles. The molecule has 1 aliphatic rings. The highest BCUT2D eigenvalue weighted by atomic mass is 19.1. The second-order valence-corrected chi connectivity index (χ2v) is 6.69. The molecular formula is C20H24FN3O2. The first kappa shape index (κ1) is 18.2. The molecule has 0 unspecified atom stereocenters. The van der Waals surface area contributed by atoms with Crippen LogP contribution in [0.2, 0.25) is 0 Å². The van der Waals surface area contributed by atoms with Gasteiger partial charge in [-0.15, -0.1) is 0 Å². The molecule has 2 aromatic rings. The summed E-state index contributed by atoms with van der Waals surface area (Å²) < 4.78 is 19.3. The highest BCUT2D eigenvalue weighted by Gasteiger charge is 2.25. The largest absolute Gasteiger partial charge is 0.438 e. The normalized spacial score (nSPS) is 15.7. The Balaban J connectivity index is 1.92. The van der Waals surface area contributed by atoms with Crippen molar-refractivity contribution in [3.05, 3.63) is 53.5 Å². The SMILES string of the molecule is Cc1ccc(/C(=N/O)N(C)C2CCCCC2)c(Oc2cccc(F)c2)n1. The summed E-state index contributed by atoms with van der Waals surface area (Å²) >= 11 is 0. The number of rotatable bonds is 4. The zero-order valence-corrected chi connectivity index (χ0v) is 15.2. The standard InChI is InChI=1S/C20H24FN3O2/c1-14-11-12-18(19(23-25)24(2)16-8-4-3-5-9-16)20(22-14)26-17-10-6-7-15(21)13-17/h6-7,10-13,16,25H,3-5,8-9H2,1-2H3/b23-19-. The van der Waals surface area contributed by atoms with Gasteiger partial charge in [0.15, 0.2) is 5.84 Å². The number of hydrogen-bond donors (Lipinski definition) is 1. The number of oxime groups is 1. The fourth-order valence-electron chi connectivity index (χ4n) is 3.38. The summed E-state index contributed by atoms with van der Waals surface area (Å²) in [7, 11) is 1.93. The highest BCUT2D eigenvalue weighted by molar-refractivity contribution is 6.00. The van der Waals surface area contributed by atoms with Crippen molar-refractivity contribution >= 4 is 5.84 Å². The maximum absolute atomic E-state index is 13.5. The molecule has 0 saturated heterocycles. The molecule has 0 bridgehead atoms. The maximum Gasteiger partial charge on any atom is 0.230 e. The van der Waals surface area contributed by atoms with Crippen molar-refractivity contribution in [2.45, 2.75) is 45.1 Å². The van der Waals surface area contributed by atoms with Crippen molar-refractivity contribution in [2.24, 2.45) is 5.16 Å². The Morgan fingerprint density at radius 3 is 2.69 bits per heavy atom. The number of aromatic nitrogens is 1. The van der Waals surface area contributed by atoms with E-state index in [0.717, 1.165) is 18.5 Å². The van der Waals surface area contributed by atoms with Gasteiger partial charge in [-0.2, -0.15) is 0 Å². The first-order valence-electron chi connectivity index (χ1n) is 8.95. The summed E-state index contributed by atoms with van der Waals surface area (Å²) in [5.74, 6) is 0.677. The van der Waals surface area contributed by atoms with Gasteiger partial charge in [-0.05, 0) is 44.0 Å². The quantitative estimate of drug-likeness (QED) is 0.372. The summed E-state index contributed by atoms with van der Waals surface area (Å²) in [6.07, 6.45) is 5.72. The van der Waals surface area contributed by atoms with Crippen LogP contribution in [-0.4, -0.2) is 34.0 Å². The zero-order chi connectivity index (χ0) is 18.5. The topological polar surface area (TPSA) is 58.0 Å². The number of aryl methyl sites for hydroxylation is 1. The first-order valence-corrected chi connectivity index (χ1v) is 8.95. The molecule has 6 heteroatoms. The van der Waals surface area contributed by atoms with Gasteiger partial charge in [0.1, 0.15) is 11.6 Å². The van der Waals surface area contributed by atoms with Gasteiger partial charge in [0.05, 0.1) is 5.56 Å². The minimum Gasteiger partial charge on any atom is -0.438 e. The van der Waals surface area contributed by atoms with Gasteiger partial charge in [0.2, 0.25) is 5.88 Å². The van der Waals surface area contributed by atoms with Gasteiger partial charge in [-0.25, -0.2) is 9.37 Å². The van der Waals surface area contributed by atoms with Crippen LogP contribution >= 0.6 is 0 Å². The molecule has 0 amide bonds. The van der Waals surface area contributed by atoms with Crippen molar-refractivity contribution < 1.29 is 14.3 Å². The summed E-state index contributed by atoms with van der Waals surface area (Å²) in [5, 5.41) is 13.2. The zero-order valence-electron chi connectivity index (χ0n) is 15.2. The van der Waals surface area contributed by atoms with E-state index in [1.54, 1.807) is 12.1 Å². The maximum atomic E-state index is 13.5. The van der Waals surface area contributed by atoms with Crippen LogP contribution in [0, 0.1) is 12.7 Å². The molecule has 3 rings (SSSR count). The van der Waals surface area contributed by atoms with E-state index < -0.39 is 0 Å². The van der Waals surface area contributed by atoms with Gasteiger partial charge in [-0.1, -0.05) is 30.5 Å². The third kappa shape index (κ3) is 4.12. The average molecular weight is 357 g/mol. The van der Waals surface area contributed by atoms with Gasteiger partial charge in [0.25, 0.3) is 0 Å². The Morgan fingerprint density at radius 1 is 1.23 bits per heavy atom. The Morgan fingerprint density at radius 2 is 2.00 bits per heavy atom. The van der Waals surface area contributed by atoms with E-state index in [1.165, 1.54) is 31.4 Å². The van der Waals surface area contributed by atoms with Crippen LogP contribution in [0.5, 0.6) is 11.6 Å². The predicted octanol–water partition coefficient (Wildman–Crippen LogP) is 4.72. The fourth-order valence-corrected chi connectivity index (χ4v) is 3.38. The Bertz CT molecular complexity index is 788. The van der Waals surface area contributed by atoms with Crippen molar-refractivity contribution in [1.82, 2.24) is 9.88 Å². The molecule has 1 aromatic heterocycles. The van der Waals surface area contributed by atoms with Crippen molar-refractivity contribution in [3.63, 3.8) is 0 Å². The van der Waals surface area contributed by atoms with E-state index in [4.69, 9.17) is 4.74 Å². The van der Waals surface area contributed by atoms with Crippen molar-refractivity contribution in [3.8, 4) is 11.6 Å². The number of nitrogens with zero attached hydrogens (tertiary/aromatic N) is 3. The smallest absolute Gasteiger partial charge is 0.230 e. The van der Waals surface area contributed by atoms with Crippen LogP contribution < -0.4 is 4.74 Å². The minimum atomic E-state index is -0.382. The third-order valence-corrected chi connectivity index (χ3v) is 4.80. The molecule has 1 fully saturated rings. The average Bonchev–Trinajstić information content (AvgIpc) is 2.64. The predicted molar refractivity (Wildman–Crippen MR) is 98.4 cm³/mol. The molecule has 1 aromatic carbocycles. The van der Waals surface area contributed by atoms with Crippen LogP contribution in [0.25, 0.3) is 0 Å². The number of pyridine rings is 1. The van der Waals surface area contributed by atoms with Gasteiger partial charge in [-0.3, -0.25) is 0 Å². The number of hydrogen-bond acceptors (Lipinski definition) is 4. The van der Waals surface area contributed by atoms with Crippen LogP contribution in [-0.2, 0) is 0 Å². The van der Waals surface area contributed by atoms with E-state index in [2.05, 4.69) is 10.1 Å². The van der Waals surface area contributed by atoms with E-state index in [0.29, 0.717) is 29.1 Å². The van der Waals surface area contributed by atoms with E-state index >= 15 is 0 Å². The lowest BCUT2D eigenvalue weighted by Gasteiger charge is -2.33. The van der Waals surface area contributed by atoms with Gasteiger partial charge >= 0.3 is 0 Å². The molecule has 1 saturated carbocycles. The van der Waals surface area contributed by atoms with Crippen LogP contribution in [0.4, 0.5) is 4.39 Å². The Labute approximate surface area is 153 Å². The van der Waals surface area contributed by atoms with Crippen molar-refractivity contribution in [1.29, 1.82) is 0 Å². The molecule has 138 valence electrons. The molecule has 0 radical (unpaired) electrons. The highest BCUT2D eigenvalue weighted by Crippen LogP contribution is 2.28. The minimum absolute atomic E-state index is 0.297. The summed E-state index contributed by atoms with van der Waals surface area (Å²) in [4.78, 5) is 6.42. The lowest BCUT2D eigenvalue weighted by molar-refractivity contribution is 0.256. The molecule has 0 aliphatic heterocycles. The first-order chi connectivity index (χ1) is 12.6. The molecule has 26 heavy (non-hydrogen) atoms. The monoisotopic (exact) mass is 357 g/mol. The van der Waals surface area contributed by atoms with Crippen LogP contribution in [0.3, 0.4) is 0 Å². The van der Waals surface area contributed by atoms with E-state index in [-0.39, 0.29) is 5.82 Å². The molecule has 5 nitrogen and oxygen atoms in total. The number of ether oxygens (including phenoxy) is 1. The van der Waals surface area contributed by atoms with Crippen LogP contribution in [0.15, 0.2) is 41.6 Å². The second kappa shape index (κ2) is 8.17. The number of halogens is 1. The Kier molecular flexibility index (Phi) is 5.71. The second-order valence-electron chi connectivity index (χ2n) is 6.69. The van der Waals surface area contributed by atoms with Crippen LogP contribution in [0.1, 0.15) is 43.4 Å².